The number of H-pyrrole nitrogens is 1. The van der Waals surface area contributed by atoms with Crippen LogP contribution in [0.5, 0.6) is 0 Å². The summed E-state index contributed by atoms with van der Waals surface area (Å²) in [5.41, 5.74) is 1.36. The van der Waals surface area contributed by atoms with Crippen LogP contribution in [0.2, 0.25) is 0 Å². The highest BCUT2D eigenvalue weighted by Gasteiger charge is 2.31. The minimum Gasteiger partial charge on any atom is -0.496 e. The van der Waals surface area contributed by atoms with Crippen molar-refractivity contribution in [3.63, 3.8) is 0 Å². The molecule has 1 heterocycles. The molecule has 0 amide bonds. The number of hydrogen-bond donors (Lipinski definition) is 2. The second kappa shape index (κ2) is 7.41. The van der Waals surface area contributed by atoms with Crippen molar-refractivity contribution in [2.24, 2.45) is 5.92 Å². The van der Waals surface area contributed by atoms with Crippen molar-refractivity contribution in [2.45, 2.75) is 23.3 Å². The fourth-order valence-electron chi connectivity index (χ4n) is 3.58. The van der Waals surface area contributed by atoms with Crippen LogP contribution in [0.15, 0.2) is 58.1 Å². The molecule has 0 saturated heterocycles. The van der Waals surface area contributed by atoms with Crippen molar-refractivity contribution in [3.8, 4) is 0 Å². The highest BCUT2D eigenvalue weighted by molar-refractivity contribution is 7.91. The Kier molecular flexibility index (Phi) is 4.95. The third kappa shape index (κ3) is 3.21. The Balaban J connectivity index is 1.76. The molecule has 0 bridgehead atoms. The van der Waals surface area contributed by atoms with Crippen molar-refractivity contribution >= 4 is 26.7 Å². The summed E-state index contributed by atoms with van der Waals surface area (Å²) < 4.78 is 32.7. The Morgan fingerprint density at radius 2 is 2.00 bits per heavy atom. The van der Waals surface area contributed by atoms with Gasteiger partial charge >= 0.3 is 0 Å². The number of sulfone groups is 1. The number of nitrogens with one attached hydrogen (secondary N) is 2. The molecule has 1 atom stereocenters. The summed E-state index contributed by atoms with van der Waals surface area (Å²) in [6, 6.07) is 12.8. The van der Waals surface area contributed by atoms with Crippen molar-refractivity contribution in [3.05, 3.63) is 59.5 Å². The van der Waals surface area contributed by atoms with Gasteiger partial charge in [-0.15, -0.1) is 0 Å². The molecule has 6 nitrogen and oxygen atoms in total. The predicted octanol–water partition coefficient (Wildman–Crippen LogP) is 3.16. The molecule has 1 aliphatic rings. The molecule has 1 unspecified atom stereocenters. The van der Waals surface area contributed by atoms with E-state index < -0.39 is 9.84 Å². The molecule has 7 heteroatoms. The maximum Gasteiger partial charge on any atom is 0.224 e. The Morgan fingerprint density at radius 3 is 2.82 bits per heavy atom. The number of rotatable bonds is 6. The predicted molar refractivity (Wildman–Crippen MR) is 109 cm³/mol. The Hall–Kier alpha value is -2.64. The summed E-state index contributed by atoms with van der Waals surface area (Å²) in [5, 5.41) is 11.9. The van der Waals surface area contributed by atoms with Gasteiger partial charge in [-0.05, 0) is 24.9 Å². The fourth-order valence-corrected chi connectivity index (χ4v) is 5.21. The topological polar surface area (TPSA) is 84.1 Å². The third-order valence-corrected chi connectivity index (χ3v) is 6.88. The maximum absolute atomic E-state index is 13.4. The van der Waals surface area contributed by atoms with Crippen LogP contribution in [0.3, 0.4) is 0 Å². The van der Waals surface area contributed by atoms with E-state index in [1.807, 2.05) is 50.4 Å². The number of likely N-dealkylation sites (N-methyl/N-ethyl adjacent to an activating group) is 1. The van der Waals surface area contributed by atoms with Gasteiger partial charge < -0.3 is 10.1 Å². The largest absolute Gasteiger partial charge is 0.496 e. The number of nitrogens with zero attached hydrogens (tertiary/aromatic N) is 1. The summed E-state index contributed by atoms with van der Waals surface area (Å²) in [5.74, 6) is 0.923. The van der Waals surface area contributed by atoms with Gasteiger partial charge in [-0.3, -0.25) is 5.10 Å². The summed E-state index contributed by atoms with van der Waals surface area (Å²) in [7, 11) is -1.85. The zero-order chi connectivity index (χ0) is 19.7. The number of fused-ring (bicyclic) bond motifs is 2. The van der Waals surface area contributed by atoms with Gasteiger partial charge in [-0.2, -0.15) is 5.10 Å². The smallest absolute Gasteiger partial charge is 0.224 e. The molecule has 1 aromatic heterocycles. The molecular formula is C21H23N3O3S. The number of hydrogen-bond acceptors (Lipinski definition) is 5. The van der Waals surface area contributed by atoms with Gasteiger partial charge in [-0.1, -0.05) is 43.3 Å². The maximum atomic E-state index is 13.4. The van der Waals surface area contributed by atoms with Crippen LogP contribution in [-0.2, 0) is 21.0 Å². The highest BCUT2D eigenvalue weighted by Crippen LogP contribution is 2.35. The van der Waals surface area contributed by atoms with E-state index in [9.17, 15) is 8.42 Å². The summed E-state index contributed by atoms with van der Waals surface area (Å²) in [4.78, 5) is 0.296. The lowest BCUT2D eigenvalue weighted by molar-refractivity contribution is 0.185. The Labute approximate surface area is 164 Å². The second-order valence-electron chi connectivity index (χ2n) is 7.00. The van der Waals surface area contributed by atoms with E-state index in [1.54, 1.807) is 12.1 Å². The average Bonchev–Trinajstić information content (AvgIpc) is 3.11. The first-order chi connectivity index (χ1) is 13.5. The fraction of sp³-hybridized carbons (Fsp3) is 0.286. The van der Waals surface area contributed by atoms with Crippen LogP contribution in [0.25, 0.3) is 16.8 Å². The van der Waals surface area contributed by atoms with E-state index >= 15 is 0 Å². The van der Waals surface area contributed by atoms with Crippen LogP contribution in [0.4, 0.5) is 0 Å². The first-order valence-corrected chi connectivity index (χ1v) is 10.8. The SMILES string of the molecule is CNCCOC1=Cc2n[nH]c(S(=O)(=O)c3cccc4ccccc34)c2CC1C. The molecule has 146 valence electrons. The molecule has 2 aromatic carbocycles. The molecule has 0 saturated carbocycles. The number of ether oxygens (including phenoxy) is 1. The second-order valence-corrected chi connectivity index (χ2v) is 8.86. The van der Waals surface area contributed by atoms with Crippen LogP contribution in [0.1, 0.15) is 18.2 Å². The van der Waals surface area contributed by atoms with Gasteiger partial charge in [0.05, 0.1) is 10.6 Å². The number of aromatic amines is 1. The van der Waals surface area contributed by atoms with E-state index in [0.29, 0.717) is 29.0 Å². The monoisotopic (exact) mass is 397 g/mol. The lowest BCUT2D eigenvalue weighted by Crippen LogP contribution is -2.19. The van der Waals surface area contributed by atoms with Crippen LogP contribution < -0.4 is 5.32 Å². The first-order valence-electron chi connectivity index (χ1n) is 9.31. The van der Waals surface area contributed by atoms with Crippen molar-refractivity contribution in [1.29, 1.82) is 0 Å². The van der Waals surface area contributed by atoms with Gasteiger partial charge in [0.2, 0.25) is 9.84 Å². The van der Waals surface area contributed by atoms with Crippen LogP contribution in [0, 0.1) is 5.92 Å². The van der Waals surface area contributed by atoms with Crippen molar-refractivity contribution in [2.75, 3.05) is 20.2 Å². The zero-order valence-corrected chi connectivity index (χ0v) is 16.7. The van der Waals surface area contributed by atoms with Gasteiger partial charge in [0, 0.05) is 29.5 Å². The normalized spacial score (nSPS) is 16.6. The van der Waals surface area contributed by atoms with E-state index in [2.05, 4.69) is 15.5 Å². The summed E-state index contributed by atoms with van der Waals surface area (Å²) in [6.07, 6.45) is 2.41. The molecule has 1 aliphatic carbocycles. The molecule has 2 N–H and O–H groups in total. The molecule has 4 rings (SSSR count). The average molecular weight is 398 g/mol. The van der Waals surface area contributed by atoms with E-state index in [-0.39, 0.29) is 10.9 Å². The van der Waals surface area contributed by atoms with E-state index in [4.69, 9.17) is 4.74 Å². The Morgan fingerprint density at radius 1 is 1.21 bits per heavy atom. The Bertz CT molecular complexity index is 1140. The number of allylic oxidation sites excluding steroid dienone is 1. The number of benzene rings is 2. The van der Waals surface area contributed by atoms with E-state index in [1.165, 1.54) is 0 Å². The van der Waals surface area contributed by atoms with Gasteiger partial charge in [0.15, 0.2) is 5.03 Å². The third-order valence-electron chi connectivity index (χ3n) is 5.06. The van der Waals surface area contributed by atoms with Crippen molar-refractivity contribution in [1.82, 2.24) is 15.5 Å². The standard InChI is InChI=1S/C21H23N3O3S/c1-14-12-17-18(13-19(14)27-11-10-22-2)23-24-21(17)28(25,26)20-9-5-7-15-6-3-4-8-16(15)20/h3-9,13-14,22H,10-12H2,1-2H3,(H,23,24). The zero-order valence-electron chi connectivity index (χ0n) is 15.9. The quantitative estimate of drug-likeness (QED) is 0.624. The molecule has 0 spiro atoms. The minimum absolute atomic E-state index is 0.0865. The van der Waals surface area contributed by atoms with Gasteiger partial charge in [0.1, 0.15) is 12.4 Å². The highest BCUT2D eigenvalue weighted by atomic mass is 32.2. The first kappa shape index (κ1) is 18.7. The molecular weight excluding hydrogens is 374 g/mol. The number of aromatic nitrogens is 2. The molecule has 0 aliphatic heterocycles. The lowest BCUT2D eigenvalue weighted by Gasteiger charge is -2.21. The molecule has 0 fully saturated rings. The van der Waals surface area contributed by atoms with Crippen molar-refractivity contribution < 1.29 is 13.2 Å². The summed E-state index contributed by atoms with van der Waals surface area (Å²) in [6.45, 7) is 3.35. The van der Waals surface area contributed by atoms with Crippen LogP contribution in [-0.4, -0.2) is 38.8 Å². The molecule has 0 radical (unpaired) electrons. The van der Waals surface area contributed by atoms with Gasteiger partial charge in [0.25, 0.3) is 0 Å². The van der Waals surface area contributed by atoms with Gasteiger partial charge in [-0.25, -0.2) is 8.42 Å². The summed E-state index contributed by atoms with van der Waals surface area (Å²) >= 11 is 0. The van der Waals surface area contributed by atoms with Crippen LogP contribution >= 0.6 is 0 Å². The lowest BCUT2D eigenvalue weighted by atomic mass is 9.94. The molecule has 3 aromatic rings. The van der Waals surface area contributed by atoms with E-state index in [0.717, 1.165) is 23.3 Å². The molecule has 28 heavy (non-hydrogen) atoms. The minimum atomic E-state index is -3.72.